The molecular weight excluding hydrogens is 717 g/mol. The zero-order valence-electron chi connectivity index (χ0n) is 31.6. The van der Waals surface area contributed by atoms with Crippen molar-refractivity contribution in [2.75, 3.05) is 19.8 Å². The van der Waals surface area contributed by atoms with Crippen LogP contribution < -0.4 is 0 Å². The largest absolute Gasteiger partial charge is 0.464 e. The van der Waals surface area contributed by atoms with Crippen molar-refractivity contribution in [2.24, 2.45) is 5.41 Å². The maximum atomic E-state index is 12.8. The van der Waals surface area contributed by atoms with Gasteiger partial charge in [-0.1, -0.05) is 121 Å². The normalized spacial score (nSPS) is 25.0. The van der Waals surface area contributed by atoms with Crippen molar-refractivity contribution in [2.45, 2.75) is 89.3 Å². The van der Waals surface area contributed by atoms with Crippen LogP contribution in [0, 0.1) is 5.41 Å². The number of esters is 1. The van der Waals surface area contributed by atoms with Crippen molar-refractivity contribution >= 4 is 17.7 Å². The van der Waals surface area contributed by atoms with E-state index in [4.69, 9.17) is 37.9 Å². The van der Waals surface area contributed by atoms with E-state index in [0.717, 1.165) is 27.2 Å². The smallest absolute Gasteiger partial charge is 0.311 e. The number of fused-ring (bicyclic) bond motifs is 1. The fourth-order valence-corrected chi connectivity index (χ4v) is 8.00. The van der Waals surface area contributed by atoms with Gasteiger partial charge in [-0.2, -0.15) is 0 Å². The second-order valence-electron chi connectivity index (χ2n) is 15.0. The molecule has 0 amide bonds. The molecule has 3 aliphatic heterocycles. The second kappa shape index (κ2) is 18.8. The molecule has 0 spiro atoms. The first-order chi connectivity index (χ1) is 26.8. The SMILES string of the molecule is CC(C)(C)C(=O)OC[C@H]1OCC2=C(O[C@H]3O[C@@H](COCc4ccccc4)[C@H](OCc4ccccc4)[C@@H](OCc4ccccc4)[C@H]3S2)[C@@H]1OCc1ccccc1. The van der Waals surface area contributed by atoms with E-state index in [9.17, 15) is 4.79 Å². The summed E-state index contributed by atoms with van der Waals surface area (Å²) in [5.41, 5.74) is 3.50. The summed E-state index contributed by atoms with van der Waals surface area (Å²) >= 11 is 1.62. The van der Waals surface area contributed by atoms with Crippen LogP contribution in [0.1, 0.15) is 43.0 Å². The average molecular weight is 767 g/mol. The highest BCUT2D eigenvalue weighted by molar-refractivity contribution is 8.03. The predicted molar refractivity (Wildman–Crippen MR) is 209 cm³/mol. The topological polar surface area (TPSA) is 90.9 Å². The Kier molecular flexibility index (Phi) is 13.4. The van der Waals surface area contributed by atoms with Gasteiger partial charge in [0.05, 0.1) is 50.0 Å². The molecule has 0 radical (unpaired) electrons. The number of carbonyl (C=O) groups excluding carboxylic acids is 1. The van der Waals surface area contributed by atoms with Crippen LogP contribution in [-0.4, -0.2) is 67.8 Å². The van der Waals surface area contributed by atoms with Gasteiger partial charge in [0.2, 0.25) is 6.29 Å². The molecule has 1 saturated heterocycles. The quantitative estimate of drug-likeness (QED) is 0.111. The van der Waals surface area contributed by atoms with E-state index >= 15 is 0 Å². The van der Waals surface area contributed by atoms with E-state index in [-0.39, 0.29) is 31.0 Å². The molecule has 290 valence electrons. The summed E-state index contributed by atoms with van der Waals surface area (Å²) in [6.07, 6.45) is -3.42. The number of carbonyl (C=O) groups is 1. The molecule has 3 aliphatic rings. The van der Waals surface area contributed by atoms with Gasteiger partial charge >= 0.3 is 5.97 Å². The van der Waals surface area contributed by atoms with E-state index in [1.165, 1.54) is 0 Å². The minimum atomic E-state index is -0.717. The highest BCUT2D eigenvalue weighted by Crippen LogP contribution is 2.47. The van der Waals surface area contributed by atoms with Gasteiger partial charge in [0.25, 0.3) is 0 Å². The zero-order valence-corrected chi connectivity index (χ0v) is 32.4. The molecule has 0 bridgehead atoms. The molecule has 4 aromatic rings. The molecule has 7 rings (SSSR count). The van der Waals surface area contributed by atoms with Crippen LogP contribution in [-0.2, 0) is 69.1 Å². The second-order valence-corrected chi connectivity index (χ2v) is 16.2. The number of hydrogen-bond donors (Lipinski definition) is 0. The minimum Gasteiger partial charge on any atom is -0.464 e. The monoisotopic (exact) mass is 766 g/mol. The van der Waals surface area contributed by atoms with Gasteiger partial charge in [-0.15, -0.1) is 11.8 Å². The van der Waals surface area contributed by atoms with Gasteiger partial charge in [0.15, 0.2) is 0 Å². The maximum Gasteiger partial charge on any atom is 0.311 e. The summed E-state index contributed by atoms with van der Waals surface area (Å²) in [4.78, 5) is 13.7. The van der Waals surface area contributed by atoms with Crippen LogP contribution in [0.25, 0.3) is 0 Å². The Morgan fingerprint density at radius 2 is 1.16 bits per heavy atom. The molecule has 0 unspecified atom stereocenters. The van der Waals surface area contributed by atoms with Gasteiger partial charge in [-0.05, 0) is 43.0 Å². The third-order valence-electron chi connectivity index (χ3n) is 9.64. The molecule has 4 aromatic carbocycles. The van der Waals surface area contributed by atoms with Gasteiger partial charge < -0.3 is 37.9 Å². The fraction of sp³-hybridized carbons (Fsp3) is 0.400. The van der Waals surface area contributed by atoms with Gasteiger partial charge in [-0.3, -0.25) is 4.79 Å². The number of benzene rings is 4. The number of thioether (sulfide) groups is 1. The van der Waals surface area contributed by atoms with E-state index in [2.05, 4.69) is 12.1 Å². The molecule has 55 heavy (non-hydrogen) atoms. The lowest BCUT2D eigenvalue weighted by Gasteiger charge is -2.49. The summed E-state index contributed by atoms with van der Waals surface area (Å²) in [5.74, 6) is 0.310. The molecule has 3 heterocycles. The van der Waals surface area contributed by atoms with Crippen LogP contribution in [0.4, 0.5) is 0 Å². The first-order valence-corrected chi connectivity index (χ1v) is 19.8. The molecule has 7 atom stereocenters. The van der Waals surface area contributed by atoms with Crippen LogP contribution in [0.15, 0.2) is 132 Å². The highest BCUT2D eigenvalue weighted by Gasteiger charge is 2.54. The molecule has 0 saturated carbocycles. The van der Waals surface area contributed by atoms with Crippen molar-refractivity contribution in [3.05, 3.63) is 154 Å². The van der Waals surface area contributed by atoms with Crippen molar-refractivity contribution in [1.29, 1.82) is 0 Å². The number of ether oxygens (including phenoxy) is 8. The fourth-order valence-electron chi connectivity index (χ4n) is 6.66. The Bertz CT molecular complexity index is 1820. The van der Waals surface area contributed by atoms with Gasteiger partial charge in [0, 0.05) is 0 Å². The Balaban J connectivity index is 1.17. The van der Waals surface area contributed by atoms with Crippen molar-refractivity contribution in [3.63, 3.8) is 0 Å². The van der Waals surface area contributed by atoms with Crippen molar-refractivity contribution in [1.82, 2.24) is 0 Å². The Labute approximate surface area is 328 Å². The molecular formula is C45H50O9S. The lowest BCUT2D eigenvalue weighted by molar-refractivity contribution is -0.273. The minimum absolute atomic E-state index is 0.0173. The van der Waals surface area contributed by atoms with Crippen LogP contribution in [0.2, 0.25) is 0 Å². The van der Waals surface area contributed by atoms with E-state index < -0.39 is 42.2 Å². The Morgan fingerprint density at radius 3 is 1.71 bits per heavy atom. The van der Waals surface area contributed by atoms with E-state index in [1.807, 2.05) is 130 Å². The van der Waals surface area contributed by atoms with Crippen LogP contribution in [0.3, 0.4) is 0 Å². The summed E-state index contributed by atoms with van der Waals surface area (Å²) in [7, 11) is 0. The molecule has 0 N–H and O–H groups in total. The summed E-state index contributed by atoms with van der Waals surface area (Å²) in [6.45, 7) is 7.51. The van der Waals surface area contributed by atoms with Crippen molar-refractivity contribution in [3.8, 4) is 0 Å². The summed E-state index contributed by atoms with van der Waals surface area (Å²) in [6, 6.07) is 40.2. The highest BCUT2D eigenvalue weighted by atomic mass is 32.2. The van der Waals surface area contributed by atoms with Gasteiger partial charge in [0.1, 0.15) is 48.1 Å². The lowest BCUT2D eigenvalue weighted by atomic mass is 9.97. The van der Waals surface area contributed by atoms with E-state index in [0.29, 0.717) is 32.2 Å². The molecule has 10 heteroatoms. The van der Waals surface area contributed by atoms with Gasteiger partial charge in [-0.25, -0.2) is 0 Å². The standard InChI is InChI=1S/C45H50O9S/c1-45(2,3)44(46)52-29-35-38(49-25-32-18-10-5-11-19-32)40-37(30-48-35)55-42-41(51-27-34-22-14-7-15-23-34)39(50-26-33-20-12-6-13-21-33)36(53-43(42)54-40)28-47-24-31-16-8-4-9-17-31/h4-23,35-36,38-39,41-43H,24-30H2,1-3H3/t35-,36+,38-,39+,41-,42-,43-/m1/s1. The summed E-state index contributed by atoms with van der Waals surface area (Å²) < 4.78 is 52.4. The lowest BCUT2D eigenvalue weighted by Crippen LogP contribution is -2.61. The molecule has 0 aliphatic carbocycles. The average Bonchev–Trinajstić information content (AvgIpc) is 3.21. The Morgan fingerprint density at radius 1 is 0.655 bits per heavy atom. The number of rotatable bonds is 15. The van der Waals surface area contributed by atoms with Crippen molar-refractivity contribution < 1.29 is 42.7 Å². The predicted octanol–water partition coefficient (Wildman–Crippen LogP) is 8.02. The summed E-state index contributed by atoms with van der Waals surface area (Å²) in [5, 5.41) is -0.303. The first kappa shape index (κ1) is 39.2. The molecule has 9 nitrogen and oxygen atoms in total. The Hall–Kier alpha value is -4.00. The van der Waals surface area contributed by atoms with E-state index in [1.54, 1.807) is 11.8 Å². The first-order valence-electron chi connectivity index (χ1n) is 18.9. The van der Waals surface area contributed by atoms with Crippen LogP contribution >= 0.6 is 11.8 Å². The third kappa shape index (κ3) is 10.4. The number of hydrogen-bond acceptors (Lipinski definition) is 10. The maximum absolute atomic E-state index is 12.8. The zero-order chi connectivity index (χ0) is 38.0. The molecule has 0 aromatic heterocycles. The molecule has 1 fully saturated rings. The third-order valence-corrected chi connectivity index (χ3v) is 11.0. The van der Waals surface area contributed by atoms with Crippen LogP contribution in [0.5, 0.6) is 0 Å².